The van der Waals surface area contributed by atoms with E-state index in [1.165, 1.54) is 16.1 Å². The van der Waals surface area contributed by atoms with Crippen LogP contribution in [0.3, 0.4) is 0 Å². The molecule has 5 rings (SSSR count). The Morgan fingerprint density at radius 3 is 2.49 bits per heavy atom. The molecular formula is C29H23N3O3S2. The zero-order chi connectivity index (χ0) is 25.8. The van der Waals surface area contributed by atoms with Crippen molar-refractivity contribution in [3.8, 4) is 12.3 Å². The largest absolute Gasteiger partial charge is 0.352 e. The number of carbonyl (C=O) groups is 1. The van der Waals surface area contributed by atoms with E-state index in [9.17, 15) is 13.2 Å². The third-order valence-corrected chi connectivity index (χ3v) is 8.67. The fraction of sp³-hybridized carbons (Fsp3) is 0.103. The normalized spacial score (nSPS) is 13.9. The standard InChI is InChI=1S/C29H23N3O3S2/c1-2-18-36-29-31-26-12-5-6-13-27(26)37(34,35)32(29)24-16-14-21(15-17-24)19-28(33)30-20-23-10-7-9-22-8-3-4-11-25(22)23/h1,3-17H,18-20H2,(H,30,33). The van der Waals surface area contributed by atoms with Crippen molar-refractivity contribution in [2.75, 3.05) is 10.1 Å². The second-order valence-electron chi connectivity index (χ2n) is 8.38. The van der Waals surface area contributed by atoms with Crippen LogP contribution in [0.15, 0.2) is 101 Å². The van der Waals surface area contributed by atoms with Gasteiger partial charge in [0.05, 0.1) is 23.5 Å². The van der Waals surface area contributed by atoms with Gasteiger partial charge < -0.3 is 5.32 Å². The lowest BCUT2D eigenvalue weighted by Crippen LogP contribution is -2.37. The van der Waals surface area contributed by atoms with Crippen LogP contribution in [0.25, 0.3) is 10.8 Å². The molecule has 0 aliphatic carbocycles. The summed E-state index contributed by atoms with van der Waals surface area (Å²) >= 11 is 1.18. The Bertz CT molecular complexity index is 1650. The molecule has 0 radical (unpaired) electrons. The van der Waals surface area contributed by atoms with Gasteiger partial charge in [0.1, 0.15) is 4.90 Å². The predicted molar refractivity (Wildman–Crippen MR) is 150 cm³/mol. The van der Waals surface area contributed by atoms with Gasteiger partial charge in [0.2, 0.25) is 5.91 Å². The van der Waals surface area contributed by atoms with E-state index in [1.54, 1.807) is 48.5 Å². The number of nitrogens with zero attached hydrogens (tertiary/aromatic N) is 2. The number of amides is 1. The number of carbonyl (C=O) groups excluding carboxylic acids is 1. The molecule has 184 valence electrons. The molecule has 1 amide bonds. The summed E-state index contributed by atoms with van der Waals surface area (Å²) in [5.41, 5.74) is 2.63. The van der Waals surface area contributed by atoms with Gasteiger partial charge in [0, 0.05) is 6.54 Å². The number of hydrogen-bond acceptors (Lipinski definition) is 5. The van der Waals surface area contributed by atoms with Gasteiger partial charge in [-0.25, -0.2) is 17.7 Å². The van der Waals surface area contributed by atoms with Gasteiger partial charge in [0.25, 0.3) is 10.0 Å². The Morgan fingerprint density at radius 1 is 0.946 bits per heavy atom. The molecule has 4 aromatic rings. The minimum Gasteiger partial charge on any atom is -0.352 e. The molecule has 0 aromatic heterocycles. The van der Waals surface area contributed by atoms with Gasteiger partial charge in [-0.15, -0.1) is 6.42 Å². The Kier molecular flexibility index (Phi) is 6.99. The fourth-order valence-electron chi connectivity index (χ4n) is 4.20. The van der Waals surface area contributed by atoms with Crippen molar-refractivity contribution in [2.45, 2.75) is 17.9 Å². The Labute approximate surface area is 220 Å². The van der Waals surface area contributed by atoms with Gasteiger partial charge in [-0.3, -0.25) is 4.79 Å². The van der Waals surface area contributed by atoms with E-state index in [1.807, 2.05) is 42.5 Å². The summed E-state index contributed by atoms with van der Waals surface area (Å²) in [4.78, 5) is 17.3. The fourth-order valence-corrected chi connectivity index (χ4v) is 6.72. The molecule has 1 aliphatic heterocycles. The minimum absolute atomic E-state index is 0.118. The van der Waals surface area contributed by atoms with Crippen LogP contribution in [0.4, 0.5) is 11.4 Å². The number of rotatable bonds is 6. The smallest absolute Gasteiger partial charge is 0.272 e. The monoisotopic (exact) mass is 525 g/mol. The first-order valence-electron chi connectivity index (χ1n) is 11.6. The van der Waals surface area contributed by atoms with Crippen molar-refractivity contribution >= 4 is 55.0 Å². The van der Waals surface area contributed by atoms with Crippen molar-refractivity contribution < 1.29 is 13.2 Å². The summed E-state index contributed by atoms with van der Waals surface area (Å²) in [5, 5.41) is 5.51. The molecule has 1 heterocycles. The lowest BCUT2D eigenvalue weighted by Gasteiger charge is -2.29. The number of para-hydroxylation sites is 1. The van der Waals surface area contributed by atoms with Crippen molar-refractivity contribution in [3.05, 3.63) is 102 Å². The number of fused-ring (bicyclic) bond motifs is 2. The molecule has 0 fully saturated rings. The molecule has 0 bridgehead atoms. The Hall–Kier alpha value is -4.06. The number of sulfonamides is 1. The highest BCUT2D eigenvalue weighted by molar-refractivity contribution is 8.16. The van der Waals surface area contributed by atoms with Crippen LogP contribution in [0.2, 0.25) is 0 Å². The van der Waals surface area contributed by atoms with Gasteiger partial charge in [0.15, 0.2) is 5.17 Å². The van der Waals surface area contributed by atoms with Crippen LogP contribution in [-0.2, 0) is 27.8 Å². The number of amidine groups is 1. The summed E-state index contributed by atoms with van der Waals surface area (Å²) in [7, 11) is -3.87. The number of hydrogen-bond donors (Lipinski definition) is 1. The van der Waals surface area contributed by atoms with Crippen molar-refractivity contribution in [1.82, 2.24) is 5.32 Å². The number of nitrogens with one attached hydrogen (secondary N) is 1. The number of thioether (sulfide) groups is 1. The van der Waals surface area contributed by atoms with Crippen LogP contribution in [-0.4, -0.2) is 25.2 Å². The summed E-state index contributed by atoms with van der Waals surface area (Å²) < 4.78 is 28.2. The summed E-state index contributed by atoms with van der Waals surface area (Å²) in [6.45, 7) is 0.427. The maximum Gasteiger partial charge on any atom is 0.272 e. The molecule has 6 nitrogen and oxygen atoms in total. The van der Waals surface area contributed by atoms with Gasteiger partial charge in [-0.1, -0.05) is 84.4 Å². The minimum atomic E-state index is -3.87. The topological polar surface area (TPSA) is 78.8 Å². The first kappa shape index (κ1) is 24.6. The zero-order valence-corrected chi connectivity index (χ0v) is 21.4. The molecule has 4 aromatic carbocycles. The van der Waals surface area contributed by atoms with E-state index in [-0.39, 0.29) is 28.1 Å². The van der Waals surface area contributed by atoms with Crippen molar-refractivity contribution in [3.63, 3.8) is 0 Å². The summed E-state index contributed by atoms with van der Waals surface area (Å²) in [6.07, 6.45) is 5.59. The maximum absolute atomic E-state index is 13.5. The molecule has 1 N–H and O–H groups in total. The SMILES string of the molecule is C#CCSC1=Nc2ccccc2S(=O)(=O)N1c1ccc(CC(=O)NCc2cccc3ccccc23)cc1. The summed E-state index contributed by atoms with van der Waals surface area (Å²) in [6, 6.07) is 27.6. The van der Waals surface area contributed by atoms with E-state index in [0.717, 1.165) is 21.9 Å². The molecule has 0 saturated carbocycles. The third-order valence-electron chi connectivity index (χ3n) is 5.95. The third kappa shape index (κ3) is 5.10. The van der Waals surface area contributed by atoms with Gasteiger partial charge in [-0.05, 0) is 46.2 Å². The van der Waals surface area contributed by atoms with Crippen LogP contribution >= 0.6 is 11.8 Å². The molecule has 0 atom stereocenters. The molecule has 37 heavy (non-hydrogen) atoms. The number of aliphatic imine (C=N–C) groups is 1. The van der Waals surface area contributed by atoms with Crippen LogP contribution < -0.4 is 9.62 Å². The van der Waals surface area contributed by atoms with E-state index in [4.69, 9.17) is 6.42 Å². The average Bonchev–Trinajstić information content (AvgIpc) is 2.91. The predicted octanol–water partition coefficient (Wildman–Crippen LogP) is 5.26. The lowest BCUT2D eigenvalue weighted by atomic mass is 10.0. The Morgan fingerprint density at radius 2 is 1.68 bits per heavy atom. The van der Waals surface area contributed by atoms with Crippen LogP contribution in [0, 0.1) is 12.3 Å². The van der Waals surface area contributed by atoms with E-state index in [2.05, 4.69) is 16.2 Å². The first-order valence-corrected chi connectivity index (χ1v) is 14.0. The van der Waals surface area contributed by atoms with E-state index in [0.29, 0.717) is 17.9 Å². The van der Waals surface area contributed by atoms with E-state index < -0.39 is 10.0 Å². The van der Waals surface area contributed by atoms with Crippen LogP contribution in [0.5, 0.6) is 0 Å². The lowest BCUT2D eigenvalue weighted by molar-refractivity contribution is -0.120. The molecule has 8 heteroatoms. The summed E-state index contributed by atoms with van der Waals surface area (Å²) in [5.74, 6) is 2.68. The van der Waals surface area contributed by atoms with Gasteiger partial charge in [-0.2, -0.15) is 0 Å². The molecule has 0 spiro atoms. The molecule has 0 saturated heterocycles. The number of anilines is 1. The Balaban J connectivity index is 1.32. The molecule has 0 unspecified atom stereocenters. The maximum atomic E-state index is 13.5. The van der Waals surface area contributed by atoms with Crippen molar-refractivity contribution in [2.24, 2.45) is 4.99 Å². The number of terminal acetylenes is 1. The average molecular weight is 526 g/mol. The number of benzene rings is 4. The highest BCUT2D eigenvalue weighted by Gasteiger charge is 2.35. The molecule has 1 aliphatic rings. The zero-order valence-electron chi connectivity index (χ0n) is 19.8. The van der Waals surface area contributed by atoms with Gasteiger partial charge >= 0.3 is 0 Å². The second-order valence-corrected chi connectivity index (χ2v) is 11.1. The molecular weight excluding hydrogens is 502 g/mol. The van der Waals surface area contributed by atoms with Crippen molar-refractivity contribution in [1.29, 1.82) is 0 Å². The van der Waals surface area contributed by atoms with Crippen LogP contribution in [0.1, 0.15) is 11.1 Å². The highest BCUT2D eigenvalue weighted by atomic mass is 32.2. The van der Waals surface area contributed by atoms with E-state index >= 15 is 0 Å². The first-order chi connectivity index (χ1) is 18.0. The second kappa shape index (κ2) is 10.5. The highest BCUT2D eigenvalue weighted by Crippen LogP contribution is 2.37. The quantitative estimate of drug-likeness (QED) is 0.348.